The molecule has 1 N–H and O–H groups in total. The third-order valence-corrected chi connectivity index (χ3v) is 3.20. The SMILES string of the molecule is CCOc1ccc(C(=O)NCCCn2c(C)cccc2=O)o1. The van der Waals surface area contributed by atoms with Gasteiger partial charge in [0.05, 0.1) is 6.61 Å². The van der Waals surface area contributed by atoms with E-state index in [0.29, 0.717) is 32.1 Å². The number of furan rings is 1. The summed E-state index contributed by atoms with van der Waals surface area (Å²) in [5.41, 5.74) is 0.880. The fraction of sp³-hybridized carbons (Fsp3) is 0.375. The molecule has 2 aromatic heterocycles. The molecule has 0 aromatic carbocycles. The standard InChI is InChI=1S/C16H20N2O4/c1-3-21-15-9-8-13(22-15)16(20)17-10-5-11-18-12(2)6-4-7-14(18)19/h4,6-9H,3,5,10-11H2,1-2H3,(H,17,20). The predicted molar refractivity (Wildman–Crippen MR) is 82.3 cm³/mol. The minimum Gasteiger partial charge on any atom is -0.465 e. The van der Waals surface area contributed by atoms with E-state index < -0.39 is 0 Å². The molecular weight excluding hydrogens is 284 g/mol. The molecule has 0 fully saturated rings. The Morgan fingerprint density at radius 1 is 1.32 bits per heavy atom. The van der Waals surface area contributed by atoms with Crippen molar-refractivity contribution in [2.75, 3.05) is 13.2 Å². The zero-order valence-corrected chi connectivity index (χ0v) is 12.8. The molecule has 1 amide bonds. The Hall–Kier alpha value is -2.50. The number of rotatable bonds is 7. The highest BCUT2D eigenvalue weighted by Crippen LogP contribution is 2.15. The number of carbonyl (C=O) groups excluding carboxylic acids is 1. The highest BCUT2D eigenvalue weighted by atomic mass is 16.6. The lowest BCUT2D eigenvalue weighted by Gasteiger charge is -2.09. The van der Waals surface area contributed by atoms with Gasteiger partial charge in [-0.05, 0) is 32.4 Å². The molecule has 2 aromatic rings. The van der Waals surface area contributed by atoms with Crippen LogP contribution in [0.4, 0.5) is 0 Å². The molecule has 0 spiro atoms. The van der Waals surface area contributed by atoms with E-state index in [0.717, 1.165) is 5.69 Å². The molecule has 0 aliphatic rings. The first-order valence-electron chi connectivity index (χ1n) is 7.29. The zero-order chi connectivity index (χ0) is 15.9. The molecule has 0 bridgehead atoms. The van der Waals surface area contributed by atoms with E-state index >= 15 is 0 Å². The number of pyridine rings is 1. The van der Waals surface area contributed by atoms with Crippen LogP contribution in [0, 0.1) is 6.92 Å². The van der Waals surface area contributed by atoms with Gasteiger partial charge in [0, 0.05) is 30.9 Å². The molecule has 0 aliphatic carbocycles. The molecule has 6 nitrogen and oxygen atoms in total. The lowest BCUT2D eigenvalue weighted by Crippen LogP contribution is -2.27. The van der Waals surface area contributed by atoms with Crippen molar-refractivity contribution >= 4 is 5.91 Å². The van der Waals surface area contributed by atoms with Crippen LogP contribution < -0.4 is 15.6 Å². The summed E-state index contributed by atoms with van der Waals surface area (Å²) in [5, 5.41) is 2.76. The van der Waals surface area contributed by atoms with Crippen LogP contribution in [0.3, 0.4) is 0 Å². The van der Waals surface area contributed by atoms with Crippen LogP contribution >= 0.6 is 0 Å². The van der Waals surface area contributed by atoms with Crippen LogP contribution in [-0.4, -0.2) is 23.6 Å². The molecule has 2 heterocycles. The Bertz CT molecular complexity index is 687. The number of aromatic nitrogens is 1. The fourth-order valence-corrected chi connectivity index (χ4v) is 2.10. The maximum atomic E-state index is 11.9. The fourth-order valence-electron chi connectivity index (χ4n) is 2.10. The van der Waals surface area contributed by atoms with Crippen molar-refractivity contribution in [3.05, 3.63) is 52.1 Å². The van der Waals surface area contributed by atoms with Gasteiger partial charge >= 0.3 is 0 Å². The minimum absolute atomic E-state index is 0.0290. The van der Waals surface area contributed by atoms with Gasteiger partial charge in [0.1, 0.15) is 0 Å². The number of ether oxygens (including phenoxy) is 1. The quantitative estimate of drug-likeness (QED) is 0.794. The Kier molecular flexibility index (Phi) is 5.41. The second-order valence-electron chi connectivity index (χ2n) is 4.82. The molecule has 0 unspecified atom stereocenters. The average Bonchev–Trinajstić information content (AvgIpc) is 2.95. The Morgan fingerprint density at radius 3 is 2.86 bits per heavy atom. The Morgan fingerprint density at radius 2 is 2.14 bits per heavy atom. The van der Waals surface area contributed by atoms with E-state index in [1.165, 1.54) is 6.07 Å². The number of aryl methyl sites for hydroxylation is 1. The minimum atomic E-state index is -0.289. The number of carbonyl (C=O) groups is 1. The van der Waals surface area contributed by atoms with Crippen LogP contribution in [0.15, 0.2) is 39.5 Å². The van der Waals surface area contributed by atoms with E-state index in [1.54, 1.807) is 22.8 Å². The van der Waals surface area contributed by atoms with Crippen molar-refractivity contribution < 1.29 is 13.9 Å². The van der Waals surface area contributed by atoms with Crippen molar-refractivity contribution in [2.45, 2.75) is 26.8 Å². The van der Waals surface area contributed by atoms with Gasteiger partial charge in [0.2, 0.25) is 0 Å². The smallest absolute Gasteiger partial charge is 0.287 e. The molecule has 2 rings (SSSR count). The predicted octanol–water partition coefficient (Wildman–Crippen LogP) is 1.97. The van der Waals surface area contributed by atoms with E-state index in [9.17, 15) is 9.59 Å². The molecule has 0 saturated heterocycles. The van der Waals surface area contributed by atoms with Crippen molar-refractivity contribution in [3.63, 3.8) is 0 Å². The summed E-state index contributed by atoms with van der Waals surface area (Å²) in [5.74, 6) is 0.263. The van der Waals surface area contributed by atoms with Crippen molar-refractivity contribution in [1.82, 2.24) is 9.88 Å². The number of nitrogens with one attached hydrogen (secondary N) is 1. The van der Waals surface area contributed by atoms with Crippen molar-refractivity contribution in [1.29, 1.82) is 0 Å². The molecule has 0 aliphatic heterocycles. The summed E-state index contributed by atoms with van der Waals surface area (Å²) in [4.78, 5) is 23.6. The van der Waals surface area contributed by atoms with Crippen LogP contribution in [0.25, 0.3) is 0 Å². The van der Waals surface area contributed by atoms with E-state index in [1.807, 2.05) is 19.9 Å². The van der Waals surface area contributed by atoms with Crippen molar-refractivity contribution in [2.24, 2.45) is 0 Å². The Balaban J connectivity index is 1.81. The van der Waals surface area contributed by atoms with Gasteiger partial charge in [-0.2, -0.15) is 0 Å². The Labute approximate surface area is 128 Å². The first-order chi connectivity index (χ1) is 10.6. The maximum absolute atomic E-state index is 11.9. The topological polar surface area (TPSA) is 73.5 Å². The normalized spacial score (nSPS) is 10.5. The lowest BCUT2D eigenvalue weighted by atomic mass is 10.3. The zero-order valence-electron chi connectivity index (χ0n) is 12.8. The first kappa shape index (κ1) is 15.9. The third-order valence-electron chi connectivity index (χ3n) is 3.20. The van der Waals surface area contributed by atoms with E-state index in [-0.39, 0.29) is 17.2 Å². The van der Waals surface area contributed by atoms with Gasteiger partial charge in [-0.3, -0.25) is 9.59 Å². The molecule has 0 saturated carbocycles. The molecule has 0 radical (unpaired) electrons. The van der Waals surface area contributed by atoms with Gasteiger partial charge in [-0.1, -0.05) is 6.07 Å². The number of amides is 1. The van der Waals surface area contributed by atoms with E-state index in [2.05, 4.69) is 5.32 Å². The van der Waals surface area contributed by atoms with Gasteiger partial charge in [0.15, 0.2) is 5.76 Å². The molecule has 118 valence electrons. The summed E-state index contributed by atoms with van der Waals surface area (Å²) < 4.78 is 12.1. The summed E-state index contributed by atoms with van der Waals surface area (Å²) in [7, 11) is 0. The largest absolute Gasteiger partial charge is 0.465 e. The summed E-state index contributed by atoms with van der Waals surface area (Å²) in [6.45, 7) is 5.24. The van der Waals surface area contributed by atoms with Gasteiger partial charge in [-0.15, -0.1) is 0 Å². The van der Waals surface area contributed by atoms with Gasteiger partial charge in [0.25, 0.3) is 17.4 Å². The molecule has 0 atom stereocenters. The summed E-state index contributed by atoms with van der Waals surface area (Å²) >= 11 is 0. The van der Waals surface area contributed by atoms with Crippen LogP contribution in [0.5, 0.6) is 5.95 Å². The number of hydrogen-bond donors (Lipinski definition) is 1. The number of nitrogens with zero attached hydrogens (tertiary/aromatic N) is 1. The molecular formula is C16H20N2O4. The molecule has 22 heavy (non-hydrogen) atoms. The van der Waals surface area contributed by atoms with Gasteiger partial charge < -0.3 is 19.0 Å². The summed E-state index contributed by atoms with van der Waals surface area (Å²) in [6, 6.07) is 8.35. The third kappa shape index (κ3) is 4.00. The second kappa shape index (κ2) is 7.49. The maximum Gasteiger partial charge on any atom is 0.287 e. The van der Waals surface area contributed by atoms with Crippen molar-refractivity contribution in [3.8, 4) is 5.95 Å². The lowest BCUT2D eigenvalue weighted by molar-refractivity contribution is 0.0916. The summed E-state index contributed by atoms with van der Waals surface area (Å²) in [6.07, 6.45) is 0.662. The van der Waals surface area contributed by atoms with Crippen LogP contribution in [0.2, 0.25) is 0 Å². The van der Waals surface area contributed by atoms with Crippen LogP contribution in [0.1, 0.15) is 29.6 Å². The number of hydrogen-bond acceptors (Lipinski definition) is 4. The van der Waals surface area contributed by atoms with Crippen LogP contribution in [-0.2, 0) is 6.54 Å². The highest BCUT2D eigenvalue weighted by molar-refractivity contribution is 5.91. The monoisotopic (exact) mass is 304 g/mol. The highest BCUT2D eigenvalue weighted by Gasteiger charge is 2.11. The van der Waals surface area contributed by atoms with E-state index in [4.69, 9.17) is 9.15 Å². The van der Waals surface area contributed by atoms with Gasteiger partial charge in [-0.25, -0.2) is 0 Å². The average molecular weight is 304 g/mol. The molecule has 6 heteroatoms. The second-order valence-corrected chi connectivity index (χ2v) is 4.82. The first-order valence-corrected chi connectivity index (χ1v) is 7.29.